The van der Waals surface area contributed by atoms with Gasteiger partial charge in [0.15, 0.2) is 0 Å². The van der Waals surface area contributed by atoms with Crippen LogP contribution in [0.4, 0.5) is 10.5 Å². The molecular weight excluding hydrogens is 228 g/mol. The zero-order valence-electron chi connectivity index (χ0n) is 11.2. The van der Waals surface area contributed by atoms with Gasteiger partial charge in [0.05, 0.1) is 5.69 Å². The van der Waals surface area contributed by atoms with Gasteiger partial charge in [-0.3, -0.25) is 4.79 Å². The predicted molar refractivity (Wildman–Crippen MR) is 70.6 cm³/mol. The van der Waals surface area contributed by atoms with Crippen molar-refractivity contribution in [2.24, 2.45) is 5.92 Å². The van der Waals surface area contributed by atoms with E-state index in [9.17, 15) is 9.59 Å². The number of urea groups is 1. The lowest BCUT2D eigenvalue weighted by atomic mass is 10.0. The zero-order valence-corrected chi connectivity index (χ0v) is 11.2. The molecule has 1 aromatic rings. The molecule has 96 valence electrons. The highest BCUT2D eigenvalue weighted by Crippen LogP contribution is 2.28. The fourth-order valence-electron chi connectivity index (χ4n) is 2.32. The summed E-state index contributed by atoms with van der Waals surface area (Å²) in [6.45, 7) is 7.67. The molecule has 0 aromatic heterocycles. The number of aryl methyl sites for hydroxylation is 2. The number of hydrogen-bond acceptors (Lipinski definition) is 2. The topological polar surface area (TPSA) is 49.4 Å². The van der Waals surface area contributed by atoms with Crippen molar-refractivity contribution in [1.82, 2.24) is 5.32 Å². The number of nitrogens with zero attached hydrogens (tertiary/aromatic N) is 1. The highest BCUT2D eigenvalue weighted by Gasteiger charge is 2.41. The summed E-state index contributed by atoms with van der Waals surface area (Å²) >= 11 is 0. The van der Waals surface area contributed by atoms with E-state index in [2.05, 4.69) is 5.32 Å². The molecule has 0 unspecified atom stereocenters. The van der Waals surface area contributed by atoms with Gasteiger partial charge >= 0.3 is 6.03 Å². The maximum atomic E-state index is 12.3. The van der Waals surface area contributed by atoms with Crippen LogP contribution in [0.3, 0.4) is 0 Å². The molecule has 1 saturated heterocycles. The largest absolute Gasteiger partial charge is 0.329 e. The number of benzene rings is 1. The summed E-state index contributed by atoms with van der Waals surface area (Å²) in [5, 5.41) is 2.74. The summed E-state index contributed by atoms with van der Waals surface area (Å²) in [5.74, 6) is -0.0665. The van der Waals surface area contributed by atoms with Crippen LogP contribution in [0.25, 0.3) is 0 Å². The molecule has 4 heteroatoms. The first kappa shape index (κ1) is 12.6. The lowest BCUT2D eigenvalue weighted by molar-refractivity contribution is -0.119. The Morgan fingerprint density at radius 1 is 1.17 bits per heavy atom. The van der Waals surface area contributed by atoms with Crippen molar-refractivity contribution < 1.29 is 9.59 Å². The van der Waals surface area contributed by atoms with Gasteiger partial charge in [0.25, 0.3) is 5.91 Å². The predicted octanol–water partition coefficient (Wildman–Crippen LogP) is 2.38. The van der Waals surface area contributed by atoms with Gasteiger partial charge in [0, 0.05) is 0 Å². The van der Waals surface area contributed by atoms with Gasteiger partial charge in [0.2, 0.25) is 0 Å². The third-order valence-corrected chi connectivity index (χ3v) is 3.30. The van der Waals surface area contributed by atoms with Crippen molar-refractivity contribution in [3.05, 3.63) is 29.3 Å². The monoisotopic (exact) mass is 246 g/mol. The molecule has 18 heavy (non-hydrogen) atoms. The standard InChI is InChI=1S/C14H18N2O2/c1-8(2)11-13(17)16(14(18)15-11)12-9(3)6-5-7-10(12)4/h5-8,11H,1-4H3,(H,15,18)/t11-/m1/s1. The number of carbonyl (C=O) groups is 2. The van der Waals surface area contributed by atoms with Crippen LogP contribution >= 0.6 is 0 Å². The number of anilines is 1. The smallest absolute Gasteiger partial charge is 0.325 e. The molecule has 1 fully saturated rings. The molecule has 4 nitrogen and oxygen atoms in total. The van der Waals surface area contributed by atoms with Crippen LogP contribution in [-0.4, -0.2) is 18.0 Å². The quantitative estimate of drug-likeness (QED) is 0.814. The minimum absolute atomic E-state index is 0.0933. The molecule has 0 saturated carbocycles. The van der Waals surface area contributed by atoms with E-state index in [-0.39, 0.29) is 17.9 Å². The van der Waals surface area contributed by atoms with Crippen LogP contribution in [0.1, 0.15) is 25.0 Å². The first-order valence-electron chi connectivity index (χ1n) is 6.14. The van der Waals surface area contributed by atoms with Gasteiger partial charge in [-0.15, -0.1) is 0 Å². The summed E-state index contributed by atoms with van der Waals surface area (Å²) in [7, 11) is 0. The van der Waals surface area contributed by atoms with Crippen molar-refractivity contribution in [1.29, 1.82) is 0 Å². The van der Waals surface area contributed by atoms with Gasteiger partial charge in [-0.25, -0.2) is 9.69 Å². The average Bonchev–Trinajstić information content (AvgIpc) is 2.56. The summed E-state index contributed by atoms with van der Waals surface area (Å²) < 4.78 is 0. The Morgan fingerprint density at radius 2 is 1.72 bits per heavy atom. The molecule has 2 rings (SSSR count). The molecular formula is C14H18N2O2. The molecule has 1 atom stereocenters. The van der Waals surface area contributed by atoms with Gasteiger partial charge in [-0.05, 0) is 30.9 Å². The van der Waals surface area contributed by atoms with Gasteiger partial charge in [-0.1, -0.05) is 32.0 Å². The molecule has 0 spiro atoms. The van der Waals surface area contributed by atoms with E-state index >= 15 is 0 Å². The van der Waals surface area contributed by atoms with E-state index in [1.54, 1.807) is 0 Å². The first-order chi connectivity index (χ1) is 8.43. The normalized spacial score (nSPS) is 19.6. The van der Waals surface area contributed by atoms with E-state index in [0.717, 1.165) is 11.1 Å². The summed E-state index contributed by atoms with van der Waals surface area (Å²) in [6, 6.07) is 5.00. The lowest BCUT2D eigenvalue weighted by Gasteiger charge is -2.18. The Morgan fingerprint density at radius 3 is 2.17 bits per heavy atom. The second-order valence-electron chi connectivity index (χ2n) is 5.09. The Kier molecular flexibility index (Phi) is 3.11. The molecule has 3 amide bonds. The van der Waals surface area contributed by atoms with E-state index in [1.807, 2.05) is 45.9 Å². The molecule has 1 aliphatic rings. The zero-order chi connectivity index (χ0) is 13.4. The maximum Gasteiger partial charge on any atom is 0.329 e. The summed E-state index contributed by atoms with van der Waals surface area (Å²) in [5.41, 5.74) is 2.58. The van der Waals surface area contributed by atoms with Crippen molar-refractivity contribution in [3.8, 4) is 0 Å². The Labute approximate surface area is 107 Å². The van der Waals surface area contributed by atoms with E-state index in [0.29, 0.717) is 5.69 Å². The minimum atomic E-state index is -0.420. The number of amides is 3. The second-order valence-corrected chi connectivity index (χ2v) is 5.09. The minimum Gasteiger partial charge on any atom is -0.325 e. The van der Waals surface area contributed by atoms with E-state index < -0.39 is 6.04 Å². The number of carbonyl (C=O) groups excluding carboxylic acids is 2. The van der Waals surface area contributed by atoms with Crippen LogP contribution in [0.5, 0.6) is 0 Å². The third kappa shape index (κ3) is 1.88. The number of para-hydroxylation sites is 1. The van der Waals surface area contributed by atoms with Crippen molar-refractivity contribution in [3.63, 3.8) is 0 Å². The lowest BCUT2D eigenvalue weighted by Crippen LogP contribution is -2.35. The molecule has 1 heterocycles. The molecule has 1 N–H and O–H groups in total. The Bertz CT molecular complexity index is 488. The van der Waals surface area contributed by atoms with Crippen LogP contribution < -0.4 is 10.2 Å². The van der Waals surface area contributed by atoms with Crippen LogP contribution in [0.2, 0.25) is 0 Å². The molecule has 0 aliphatic carbocycles. The molecule has 1 aromatic carbocycles. The average molecular weight is 246 g/mol. The van der Waals surface area contributed by atoms with Crippen LogP contribution in [-0.2, 0) is 4.79 Å². The first-order valence-corrected chi connectivity index (χ1v) is 6.14. The van der Waals surface area contributed by atoms with Crippen LogP contribution in [0, 0.1) is 19.8 Å². The highest BCUT2D eigenvalue weighted by atomic mass is 16.2. The number of nitrogens with one attached hydrogen (secondary N) is 1. The summed E-state index contributed by atoms with van der Waals surface area (Å²) in [6.07, 6.45) is 0. The van der Waals surface area contributed by atoms with Crippen molar-refractivity contribution in [2.75, 3.05) is 4.90 Å². The van der Waals surface area contributed by atoms with Gasteiger partial charge < -0.3 is 5.32 Å². The molecule has 0 bridgehead atoms. The van der Waals surface area contributed by atoms with Crippen LogP contribution in [0.15, 0.2) is 18.2 Å². The fourth-order valence-corrected chi connectivity index (χ4v) is 2.32. The number of hydrogen-bond donors (Lipinski definition) is 1. The summed E-state index contributed by atoms with van der Waals surface area (Å²) in [4.78, 5) is 25.6. The SMILES string of the molecule is Cc1cccc(C)c1N1C(=O)N[C@H](C(C)C)C1=O. The van der Waals surface area contributed by atoms with Gasteiger partial charge in [-0.2, -0.15) is 0 Å². The third-order valence-electron chi connectivity index (χ3n) is 3.30. The molecule has 0 radical (unpaired) electrons. The van der Waals surface area contributed by atoms with E-state index in [4.69, 9.17) is 0 Å². The maximum absolute atomic E-state index is 12.3. The highest BCUT2D eigenvalue weighted by molar-refractivity contribution is 6.22. The van der Waals surface area contributed by atoms with Crippen molar-refractivity contribution >= 4 is 17.6 Å². The van der Waals surface area contributed by atoms with E-state index in [1.165, 1.54) is 4.90 Å². The van der Waals surface area contributed by atoms with Crippen molar-refractivity contribution in [2.45, 2.75) is 33.7 Å². The second kappa shape index (κ2) is 4.44. The Hall–Kier alpha value is -1.84. The number of imide groups is 1. The molecule has 1 aliphatic heterocycles. The Balaban J connectivity index is 2.46. The van der Waals surface area contributed by atoms with Gasteiger partial charge in [0.1, 0.15) is 6.04 Å². The fraction of sp³-hybridized carbons (Fsp3) is 0.429. The number of rotatable bonds is 2.